The number of rotatable bonds is 5. The van der Waals surface area contributed by atoms with Crippen LogP contribution in [0.2, 0.25) is 0 Å². The van der Waals surface area contributed by atoms with Crippen molar-refractivity contribution in [2.75, 3.05) is 13.1 Å². The molecule has 1 saturated heterocycles. The number of nitrogens with zero attached hydrogens (tertiary/aromatic N) is 4. The quantitative estimate of drug-likeness (QED) is 0.514. The number of aromatic nitrogens is 4. The van der Waals surface area contributed by atoms with E-state index in [-0.39, 0.29) is 4.90 Å². The van der Waals surface area contributed by atoms with Gasteiger partial charge >= 0.3 is 0 Å². The Hall–Kier alpha value is -3.04. The molecule has 5 rings (SSSR count). The lowest BCUT2D eigenvalue weighted by molar-refractivity contribution is 0.254. The number of nitrogens with one attached hydrogen (secondary N) is 1. The van der Waals surface area contributed by atoms with Crippen LogP contribution in [-0.4, -0.2) is 45.6 Å². The zero-order valence-electron chi connectivity index (χ0n) is 16.8. The molecular formula is C22H22FN5O2S. The van der Waals surface area contributed by atoms with E-state index in [1.54, 1.807) is 6.20 Å². The number of sulfonamides is 1. The molecule has 7 nitrogen and oxygen atoms in total. The Bertz CT molecular complexity index is 1290. The van der Waals surface area contributed by atoms with Gasteiger partial charge in [0.05, 0.1) is 27.8 Å². The van der Waals surface area contributed by atoms with Gasteiger partial charge < -0.3 is 4.57 Å². The van der Waals surface area contributed by atoms with Crippen molar-refractivity contribution in [3.63, 3.8) is 0 Å². The number of benzene rings is 1. The fourth-order valence-corrected chi connectivity index (χ4v) is 5.62. The maximum Gasteiger partial charge on any atom is 0.243 e. The Morgan fingerprint density at radius 3 is 2.55 bits per heavy atom. The van der Waals surface area contributed by atoms with Crippen LogP contribution >= 0.6 is 0 Å². The van der Waals surface area contributed by atoms with E-state index < -0.39 is 15.8 Å². The standard InChI is InChI=1S/C22H22FN5O2S/c23-18-1-3-19(4-2-18)31(29,30)28-11-7-16(8-12-28)15-27-10-9-21-22(27)6-5-20(26-21)17-13-24-25-14-17/h1-6,9-10,13-14,16H,7-8,11-12,15H2,(H,24,25). The number of fused-ring (bicyclic) bond motifs is 1. The third kappa shape index (κ3) is 3.86. The highest BCUT2D eigenvalue weighted by molar-refractivity contribution is 7.89. The number of aromatic amines is 1. The fraction of sp³-hybridized carbons (Fsp3) is 0.273. The van der Waals surface area contributed by atoms with Crippen molar-refractivity contribution in [1.82, 2.24) is 24.1 Å². The van der Waals surface area contributed by atoms with E-state index in [0.717, 1.165) is 41.7 Å². The molecular weight excluding hydrogens is 417 g/mol. The smallest absolute Gasteiger partial charge is 0.243 e. The average molecular weight is 440 g/mol. The maximum atomic E-state index is 13.1. The van der Waals surface area contributed by atoms with Crippen LogP contribution in [-0.2, 0) is 16.6 Å². The highest BCUT2D eigenvalue weighted by atomic mass is 32.2. The highest BCUT2D eigenvalue weighted by Gasteiger charge is 2.29. The van der Waals surface area contributed by atoms with Crippen molar-refractivity contribution in [2.45, 2.75) is 24.3 Å². The van der Waals surface area contributed by atoms with Crippen LogP contribution in [0.4, 0.5) is 4.39 Å². The first kappa shape index (κ1) is 19.9. The van der Waals surface area contributed by atoms with Gasteiger partial charge in [0.2, 0.25) is 10.0 Å². The van der Waals surface area contributed by atoms with Crippen molar-refractivity contribution in [3.8, 4) is 11.3 Å². The normalized spacial score (nSPS) is 16.2. The zero-order valence-corrected chi connectivity index (χ0v) is 17.6. The molecule has 3 aromatic heterocycles. The van der Waals surface area contributed by atoms with Crippen LogP contribution in [0.3, 0.4) is 0 Å². The van der Waals surface area contributed by atoms with Crippen LogP contribution in [0.15, 0.2) is 66.0 Å². The fourth-order valence-electron chi connectivity index (χ4n) is 4.15. The summed E-state index contributed by atoms with van der Waals surface area (Å²) in [7, 11) is -3.58. The second kappa shape index (κ2) is 7.90. The van der Waals surface area contributed by atoms with Gasteiger partial charge in [-0.05, 0) is 61.2 Å². The maximum absolute atomic E-state index is 13.1. The molecule has 1 aliphatic rings. The molecule has 0 saturated carbocycles. The van der Waals surface area contributed by atoms with Gasteiger partial charge in [-0.3, -0.25) is 5.10 Å². The minimum atomic E-state index is -3.58. The predicted molar refractivity (Wildman–Crippen MR) is 115 cm³/mol. The van der Waals surface area contributed by atoms with Gasteiger partial charge in [-0.2, -0.15) is 9.40 Å². The Morgan fingerprint density at radius 1 is 1.06 bits per heavy atom. The minimum absolute atomic E-state index is 0.142. The average Bonchev–Trinajstić information content (AvgIpc) is 3.45. The van der Waals surface area contributed by atoms with Crippen molar-refractivity contribution >= 4 is 21.1 Å². The summed E-state index contributed by atoms with van der Waals surface area (Å²) in [4.78, 5) is 4.86. The van der Waals surface area contributed by atoms with Crippen molar-refractivity contribution in [1.29, 1.82) is 0 Å². The van der Waals surface area contributed by atoms with Gasteiger partial charge in [0.25, 0.3) is 0 Å². The van der Waals surface area contributed by atoms with E-state index in [9.17, 15) is 12.8 Å². The number of hydrogen-bond donors (Lipinski definition) is 1. The van der Waals surface area contributed by atoms with Gasteiger partial charge in [0.15, 0.2) is 0 Å². The second-order valence-corrected chi connectivity index (χ2v) is 9.80. The number of pyridine rings is 1. The molecule has 1 aromatic carbocycles. The number of piperidine rings is 1. The molecule has 31 heavy (non-hydrogen) atoms. The van der Waals surface area contributed by atoms with Crippen molar-refractivity contribution in [2.24, 2.45) is 5.92 Å². The van der Waals surface area contributed by atoms with E-state index >= 15 is 0 Å². The van der Waals surface area contributed by atoms with E-state index in [4.69, 9.17) is 4.98 Å². The number of H-pyrrole nitrogens is 1. The van der Waals surface area contributed by atoms with Gasteiger partial charge in [0, 0.05) is 37.6 Å². The molecule has 1 N–H and O–H groups in total. The summed E-state index contributed by atoms with van der Waals surface area (Å²) in [5.74, 6) is -0.0631. The predicted octanol–water partition coefficient (Wildman–Crippen LogP) is 3.67. The lowest BCUT2D eigenvalue weighted by Crippen LogP contribution is -2.39. The molecule has 1 fully saturated rings. The van der Waals surface area contributed by atoms with Crippen LogP contribution in [0.5, 0.6) is 0 Å². The van der Waals surface area contributed by atoms with Crippen LogP contribution in [0.25, 0.3) is 22.3 Å². The third-order valence-corrected chi connectivity index (χ3v) is 7.81. The minimum Gasteiger partial charge on any atom is -0.346 e. The largest absolute Gasteiger partial charge is 0.346 e. The van der Waals surface area contributed by atoms with Crippen LogP contribution in [0, 0.1) is 11.7 Å². The monoisotopic (exact) mass is 439 g/mol. The summed E-state index contributed by atoms with van der Waals surface area (Å²) in [6.07, 6.45) is 7.16. The second-order valence-electron chi connectivity index (χ2n) is 7.86. The topological polar surface area (TPSA) is 83.9 Å². The SMILES string of the molecule is O=S(=O)(c1ccc(F)cc1)N1CCC(Cn2ccc3nc(-c4cn[nH]c4)ccc32)CC1. The van der Waals surface area contributed by atoms with E-state index in [2.05, 4.69) is 20.8 Å². The summed E-state index contributed by atoms with van der Waals surface area (Å²) >= 11 is 0. The molecule has 0 atom stereocenters. The molecule has 0 aliphatic carbocycles. The molecule has 0 bridgehead atoms. The van der Waals surface area contributed by atoms with Crippen molar-refractivity contribution in [3.05, 3.63) is 66.9 Å². The summed E-state index contributed by atoms with van der Waals surface area (Å²) in [5, 5.41) is 6.78. The zero-order chi connectivity index (χ0) is 21.4. The highest BCUT2D eigenvalue weighted by Crippen LogP contribution is 2.27. The first-order valence-corrected chi connectivity index (χ1v) is 11.7. The molecule has 160 valence electrons. The Kier molecular flexibility index (Phi) is 5.07. The van der Waals surface area contributed by atoms with E-state index in [0.29, 0.717) is 19.0 Å². The van der Waals surface area contributed by atoms with Gasteiger partial charge in [-0.1, -0.05) is 0 Å². The number of halogens is 1. The van der Waals surface area contributed by atoms with Gasteiger partial charge in [-0.15, -0.1) is 0 Å². The van der Waals surface area contributed by atoms with Crippen molar-refractivity contribution < 1.29 is 12.8 Å². The molecule has 0 radical (unpaired) electrons. The Balaban J connectivity index is 1.26. The lowest BCUT2D eigenvalue weighted by atomic mass is 9.98. The Labute approximate surface area is 179 Å². The molecule has 0 amide bonds. The molecule has 4 aromatic rings. The molecule has 1 aliphatic heterocycles. The molecule has 0 spiro atoms. The van der Waals surface area contributed by atoms with E-state index in [1.807, 2.05) is 24.5 Å². The first-order valence-electron chi connectivity index (χ1n) is 10.2. The third-order valence-electron chi connectivity index (χ3n) is 5.90. The summed E-state index contributed by atoms with van der Waals surface area (Å²) < 4.78 is 42.4. The summed E-state index contributed by atoms with van der Waals surface area (Å²) in [5.41, 5.74) is 3.81. The van der Waals surface area contributed by atoms with E-state index in [1.165, 1.54) is 28.6 Å². The Morgan fingerprint density at radius 2 is 1.84 bits per heavy atom. The summed E-state index contributed by atoms with van der Waals surface area (Å²) in [6.45, 7) is 1.75. The molecule has 4 heterocycles. The number of hydrogen-bond acceptors (Lipinski definition) is 4. The van der Waals surface area contributed by atoms with Crippen LogP contribution < -0.4 is 0 Å². The summed E-state index contributed by atoms with van der Waals surface area (Å²) in [6, 6.07) is 11.1. The van der Waals surface area contributed by atoms with Crippen LogP contribution in [0.1, 0.15) is 12.8 Å². The first-order chi connectivity index (χ1) is 15.0. The molecule has 9 heteroatoms. The van der Waals surface area contributed by atoms with Gasteiger partial charge in [0.1, 0.15) is 5.82 Å². The van der Waals surface area contributed by atoms with Gasteiger partial charge in [-0.25, -0.2) is 17.8 Å². The lowest BCUT2D eigenvalue weighted by Gasteiger charge is -2.31. The molecule has 0 unspecified atom stereocenters.